The van der Waals surface area contributed by atoms with E-state index in [4.69, 9.17) is 27.9 Å². The number of fused-ring (bicyclic) bond motifs is 1. The molecule has 5 atom stereocenters. The maximum absolute atomic E-state index is 13.6. The number of amides is 1. The first-order valence-electron chi connectivity index (χ1n) is 10.7. The number of non-ortho nitro benzene ring substituents is 1. The number of rotatable bonds is 5. The number of esters is 1. The van der Waals surface area contributed by atoms with Crippen LogP contribution in [0, 0.1) is 10.1 Å². The SMILES string of the molecule is COC(=O)[C@]12[C@@H](c3ccccc3)C(=O)N[C@@H](c3ccc([N+](=O)[O-])cc3)N1[C@@H]2c1c(Cl)cccc1Cl. The molecule has 2 heterocycles. The van der Waals surface area contributed by atoms with E-state index in [9.17, 15) is 19.7 Å². The van der Waals surface area contributed by atoms with Gasteiger partial charge in [-0.1, -0.05) is 59.6 Å². The first kappa shape index (κ1) is 23.3. The Bertz CT molecular complexity index is 1310. The number of ether oxygens (including phenoxy) is 1. The summed E-state index contributed by atoms with van der Waals surface area (Å²) in [6, 6.07) is 19.1. The number of hydrogen-bond acceptors (Lipinski definition) is 6. The summed E-state index contributed by atoms with van der Waals surface area (Å²) in [5, 5.41) is 14.8. The number of nitro benzene ring substituents is 1. The first-order chi connectivity index (χ1) is 16.8. The third-order valence-electron chi connectivity index (χ3n) is 6.65. The summed E-state index contributed by atoms with van der Waals surface area (Å²) in [5.74, 6) is -1.90. The number of halogens is 2. The zero-order chi connectivity index (χ0) is 24.9. The van der Waals surface area contributed by atoms with E-state index in [1.165, 1.54) is 19.2 Å². The van der Waals surface area contributed by atoms with Crippen molar-refractivity contribution in [1.82, 2.24) is 10.2 Å². The van der Waals surface area contributed by atoms with Gasteiger partial charge in [-0.25, -0.2) is 4.79 Å². The van der Waals surface area contributed by atoms with Crippen LogP contribution < -0.4 is 5.32 Å². The van der Waals surface area contributed by atoms with Crippen molar-refractivity contribution in [2.75, 3.05) is 7.11 Å². The van der Waals surface area contributed by atoms with E-state index in [1.807, 2.05) is 11.0 Å². The van der Waals surface area contributed by atoms with E-state index in [1.54, 1.807) is 54.6 Å². The average Bonchev–Trinajstić information content (AvgIpc) is 3.53. The fraction of sp³-hybridized carbons (Fsp3) is 0.200. The number of nitrogens with zero attached hydrogens (tertiary/aromatic N) is 2. The molecule has 1 N–H and O–H groups in total. The predicted molar refractivity (Wildman–Crippen MR) is 129 cm³/mol. The normalized spacial score (nSPS) is 26.9. The summed E-state index contributed by atoms with van der Waals surface area (Å²) in [7, 11) is 1.27. The molecule has 2 saturated heterocycles. The summed E-state index contributed by atoms with van der Waals surface area (Å²) in [5.41, 5.74) is 0.182. The lowest BCUT2D eigenvalue weighted by molar-refractivity contribution is -0.384. The first-order valence-corrected chi connectivity index (χ1v) is 11.5. The lowest BCUT2D eigenvalue weighted by Gasteiger charge is -2.35. The molecule has 0 aliphatic carbocycles. The van der Waals surface area contributed by atoms with Gasteiger partial charge in [-0.15, -0.1) is 0 Å². The Kier molecular flexibility index (Phi) is 5.75. The number of carbonyl (C=O) groups is 2. The third kappa shape index (κ3) is 3.48. The number of methoxy groups -OCH3 is 1. The molecule has 1 unspecified atom stereocenters. The van der Waals surface area contributed by atoms with Gasteiger partial charge in [0, 0.05) is 27.7 Å². The number of hydrogen-bond donors (Lipinski definition) is 1. The molecular weight excluding hydrogens is 493 g/mol. The standard InChI is InChI=1S/C25H19Cl2N3O5/c1-35-24(32)25-20(14-6-3-2-4-7-14)23(31)28-22(15-10-12-16(13-11-15)30(33)34)29(25)21(25)19-17(26)8-5-9-18(19)27/h2-13,20-22H,1H3,(H,28,31)/t20-,21+,22+,25+,29?/m0/s1. The van der Waals surface area contributed by atoms with Crippen LogP contribution >= 0.6 is 23.2 Å². The van der Waals surface area contributed by atoms with Crippen molar-refractivity contribution in [1.29, 1.82) is 0 Å². The number of carbonyl (C=O) groups excluding carboxylic acids is 2. The van der Waals surface area contributed by atoms with Gasteiger partial charge in [-0.3, -0.25) is 19.8 Å². The van der Waals surface area contributed by atoms with Crippen molar-refractivity contribution in [2.45, 2.75) is 23.7 Å². The van der Waals surface area contributed by atoms with Gasteiger partial charge in [0.25, 0.3) is 5.69 Å². The Hall–Kier alpha value is -3.46. The largest absolute Gasteiger partial charge is 0.468 e. The maximum Gasteiger partial charge on any atom is 0.329 e. The molecule has 35 heavy (non-hydrogen) atoms. The molecular formula is C25H19Cl2N3O5. The second-order valence-electron chi connectivity index (χ2n) is 8.37. The van der Waals surface area contributed by atoms with Crippen LogP contribution in [0.5, 0.6) is 0 Å². The van der Waals surface area contributed by atoms with E-state index in [0.717, 1.165) is 0 Å². The number of nitrogens with one attached hydrogen (secondary N) is 1. The van der Waals surface area contributed by atoms with Crippen LogP contribution in [0.25, 0.3) is 0 Å². The van der Waals surface area contributed by atoms with Gasteiger partial charge >= 0.3 is 5.97 Å². The van der Waals surface area contributed by atoms with Gasteiger partial charge in [0.1, 0.15) is 6.17 Å². The van der Waals surface area contributed by atoms with Crippen LogP contribution in [0.2, 0.25) is 10.0 Å². The number of benzene rings is 3. The fourth-order valence-corrected chi connectivity index (χ4v) is 5.79. The highest BCUT2D eigenvalue weighted by molar-refractivity contribution is 6.36. The summed E-state index contributed by atoms with van der Waals surface area (Å²) < 4.78 is 5.26. The Balaban J connectivity index is 1.72. The lowest BCUT2D eigenvalue weighted by atomic mass is 9.79. The van der Waals surface area contributed by atoms with Crippen molar-refractivity contribution in [2.24, 2.45) is 0 Å². The van der Waals surface area contributed by atoms with E-state index in [2.05, 4.69) is 5.32 Å². The van der Waals surface area contributed by atoms with Crippen LogP contribution in [0.3, 0.4) is 0 Å². The molecule has 0 spiro atoms. The van der Waals surface area contributed by atoms with Crippen molar-refractivity contribution < 1.29 is 19.2 Å². The zero-order valence-corrected chi connectivity index (χ0v) is 19.9. The van der Waals surface area contributed by atoms with Crippen LogP contribution in [0.4, 0.5) is 5.69 Å². The van der Waals surface area contributed by atoms with Gasteiger partial charge in [-0.05, 0) is 35.4 Å². The minimum absolute atomic E-state index is 0.0891. The quantitative estimate of drug-likeness (QED) is 0.229. The second kappa shape index (κ2) is 8.64. The van der Waals surface area contributed by atoms with Crippen LogP contribution in [-0.4, -0.2) is 34.3 Å². The summed E-state index contributed by atoms with van der Waals surface area (Å²) in [6.45, 7) is 0. The van der Waals surface area contributed by atoms with E-state index in [-0.39, 0.29) is 11.6 Å². The van der Waals surface area contributed by atoms with Gasteiger partial charge in [0.15, 0.2) is 5.54 Å². The van der Waals surface area contributed by atoms with Crippen molar-refractivity contribution in [3.8, 4) is 0 Å². The fourth-order valence-electron chi connectivity index (χ4n) is 5.19. The van der Waals surface area contributed by atoms with Gasteiger partial charge < -0.3 is 10.1 Å². The third-order valence-corrected chi connectivity index (χ3v) is 7.31. The maximum atomic E-state index is 13.6. The molecule has 2 fully saturated rings. The van der Waals surface area contributed by atoms with Crippen LogP contribution in [0.1, 0.15) is 34.8 Å². The predicted octanol–water partition coefficient (Wildman–Crippen LogP) is 4.78. The van der Waals surface area contributed by atoms with E-state index >= 15 is 0 Å². The summed E-state index contributed by atoms with van der Waals surface area (Å²) in [4.78, 5) is 39.7. The van der Waals surface area contributed by atoms with Gasteiger partial charge in [0.05, 0.1) is 24.0 Å². The minimum atomic E-state index is -1.43. The molecule has 3 aromatic carbocycles. The molecule has 1 amide bonds. The highest BCUT2D eigenvalue weighted by Crippen LogP contribution is 2.67. The molecule has 3 aromatic rings. The Morgan fingerprint density at radius 1 is 1.00 bits per heavy atom. The lowest BCUT2D eigenvalue weighted by Crippen LogP contribution is -2.53. The van der Waals surface area contributed by atoms with Gasteiger partial charge in [0.2, 0.25) is 5.91 Å². The van der Waals surface area contributed by atoms with Crippen molar-refractivity contribution in [3.63, 3.8) is 0 Å². The highest BCUT2D eigenvalue weighted by Gasteiger charge is 2.79. The molecule has 0 radical (unpaired) electrons. The Morgan fingerprint density at radius 2 is 1.63 bits per heavy atom. The zero-order valence-electron chi connectivity index (χ0n) is 18.4. The highest BCUT2D eigenvalue weighted by atomic mass is 35.5. The Labute approximate surface area is 210 Å². The minimum Gasteiger partial charge on any atom is -0.468 e. The summed E-state index contributed by atoms with van der Waals surface area (Å²) >= 11 is 13.2. The molecule has 10 heteroatoms. The Morgan fingerprint density at radius 3 is 2.20 bits per heavy atom. The average molecular weight is 512 g/mol. The summed E-state index contributed by atoms with van der Waals surface area (Å²) in [6.07, 6.45) is -0.778. The molecule has 178 valence electrons. The second-order valence-corrected chi connectivity index (χ2v) is 9.18. The van der Waals surface area contributed by atoms with E-state index < -0.39 is 34.6 Å². The molecule has 0 aromatic heterocycles. The van der Waals surface area contributed by atoms with Gasteiger partial charge in [-0.2, -0.15) is 0 Å². The molecule has 0 saturated carbocycles. The molecule has 0 bridgehead atoms. The van der Waals surface area contributed by atoms with Crippen molar-refractivity contribution >= 4 is 40.8 Å². The number of nitro groups is 1. The van der Waals surface area contributed by atoms with Crippen LogP contribution in [-0.2, 0) is 14.3 Å². The molecule has 2 aliphatic heterocycles. The van der Waals surface area contributed by atoms with Crippen molar-refractivity contribution in [3.05, 3.63) is 110 Å². The molecule has 8 nitrogen and oxygen atoms in total. The topological polar surface area (TPSA) is 102 Å². The molecule has 5 rings (SSSR count). The monoisotopic (exact) mass is 511 g/mol. The van der Waals surface area contributed by atoms with E-state index in [0.29, 0.717) is 26.7 Å². The molecule has 2 aliphatic rings. The smallest absolute Gasteiger partial charge is 0.329 e. The van der Waals surface area contributed by atoms with Crippen LogP contribution in [0.15, 0.2) is 72.8 Å².